The minimum atomic E-state index is -0.461. The average molecular weight is 295 g/mol. The summed E-state index contributed by atoms with van der Waals surface area (Å²) in [6.07, 6.45) is 3.08. The van der Waals surface area contributed by atoms with Crippen molar-refractivity contribution in [1.82, 2.24) is 19.7 Å². The molecule has 2 N–H and O–H groups in total. The summed E-state index contributed by atoms with van der Waals surface area (Å²) >= 11 is 0. The van der Waals surface area contributed by atoms with Crippen molar-refractivity contribution in [2.45, 2.75) is 0 Å². The molecule has 0 saturated carbocycles. The van der Waals surface area contributed by atoms with E-state index in [4.69, 9.17) is 0 Å². The molecule has 0 aliphatic rings. The highest BCUT2D eigenvalue weighted by Gasteiger charge is 2.11. The number of hydrogen-bond donors (Lipinski definition) is 2. The van der Waals surface area contributed by atoms with Crippen molar-refractivity contribution in [3.05, 3.63) is 64.8 Å². The minimum absolute atomic E-state index is 0.0616. The Bertz CT molecular complexity index is 881. The SMILES string of the molecule is Cn1cnnc1-c1cccc(NC(=O)c2ccc[nH]c2=O)c1. The summed E-state index contributed by atoms with van der Waals surface area (Å²) in [5.41, 5.74) is 1.03. The smallest absolute Gasteiger partial charge is 0.261 e. The van der Waals surface area contributed by atoms with E-state index < -0.39 is 11.5 Å². The Morgan fingerprint density at radius 1 is 1.27 bits per heavy atom. The molecule has 0 bridgehead atoms. The van der Waals surface area contributed by atoms with Gasteiger partial charge in [0.15, 0.2) is 5.82 Å². The van der Waals surface area contributed by atoms with Crippen LogP contribution in [0.4, 0.5) is 5.69 Å². The number of aromatic amines is 1. The monoisotopic (exact) mass is 295 g/mol. The van der Waals surface area contributed by atoms with Crippen molar-refractivity contribution < 1.29 is 4.79 Å². The van der Waals surface area contributed by atoms with Gasteiger partial charge in [-0.15, -0.1) is 10.2 Å². The lowest BCUT2D eigenvalue weighted by Gasteiger charge is -2.07. The molecule has 2 aromatic heterocycles. The Balaban J connectivity index is 1.88. The van der Waals surface area contributed by atoms with Crippen molar-refractivity contribution >= 4 is 11.6 Å². The Labute approximate surface area is 125 Å². The normalized spacial score (nSPS) is 10.4. The standard InChI is InChI=1S/C15H13N5O2/c1-20-9-17-19-13(20)10-4-2-5-11(8-10)18-15(22)12-6-3-7-16-14(12)21/h2-9H,1H3,(H,16,21)(H,18,22). The molecule has 1 amide bonds. The third kappa shape index (κ3) is 2.64. The van der Waals surface area contributed by atoms with Gasteiger partial charge in [0.1, 0.15) is 11.9 Å². The topological polar surface area (TPSA) is 92.7 Å². The predicted molar refractivity (Wildman–Crippen MR) is 81.5 cm³/mol. The van der Waals surface area contributed by atoms with Crippen molar-refractivity contribution in [2.75, 3.05) is 5.32 Å². The van der Waals surface area contributed by atoms with Crippen LogP contribution in [-0.4, -0.2) is 25.7 Å². The van der Waals surface area contributed by atoms with E-state index in [2.05, 4.69) is 20.5 Å². The second kappa shape index (κ2) is 5.65. The summed E-state index contributed by atoms with van der Waals surface area (Å²) in [7, 11) is 1.84. The summed E-state index contributed by atoms with van der Waals surface area (Å²) < 4.78 is 1.78. The molecule has 0 atom stereocenters. The molecule has 7 nitrogen and oxygen atoms in total. The van der Waals surface area contributed by atoms with E-state index >= 15 is 0 Å². The van der Waals surface area contributed by atoms with Crippen LogP contribution in [0, 0.1) is 0 Å². The Morgan fingerprint density at radius 2 is 2.14 bits per heavy atom. The van der Waals surface area contributed by atoms with Crippen molar-refractivity contribution in [1.29, 1.82) is 0 Å². The lowest BCUT2D eigenvalue weighted by Crippen LogP contribution is -2.22. The van der Waals surface area contributed by atoms with Crippen LogP contribution in [-0.2, 0) is 7.05 Å². The highest BCUT2D eigenvalue weighted by Crippen LogP contribution is 2.20. The molecule has 7 heteroatoms. The van der Waals surface area contributed by atoms with Gasteiger partial charge < -0.3 is 14.9 Å². The molecule has 0 fully saturated rings. The molecule has 0 spiro atoms. The number of aromatic nitrogens is 4. The van der Waals surface area contributed by atoms with Crippen molar-refractivity contribution in [3.63, 3.8) is 0 Å². The zero-order valence-electron chi connectivity index (χ0n) is 11.8. The number of amides is 1. The van der Waals surface area contributed by atoms with Crippen molar-refractivity contribution in [2.24, 2.45) is 7.05 Å². The molecule has 0 saturated heterocycles. The maximum absolute atomic E-state index is 12.1. The molecule has 1 aromatic carbocycles. The zero-order valence-corrected chi connectivity index (χ0v) is 11.8. The lowest BCUT2D eigenvalue weighted by molar-refractivity contribution is 0.102. The lowest BCUT2D eigenvalue weighted by atomic mass is 10.1. The number of nitrogens with one attached hydrogen (secondary N) is 2. The van der Waals surface area contributed by atoms with Gasteiger partial charge in [0, 0.05) is 24.5 Å². The van der Waals surface area contributed by atoms with E-state index in [0.717, 1.165) is 5.56 Å². The fourth-order valence-corrected chi connectivity index (χ4v) is 2.08. The number of rotatable bonds is 3. The first-order valence-corrected chi connectivity index (χ1v) is 6.58. The van der Waals surface area contributed by atoms with Gasteiger partial charge in [-0.3, -0.25) is 9.59 Å². The van der Waals surface area contributed by atoms with E-state index in [1.54, 1.807) is 35.2 Å². The number of hydrogen-bond acceptors (Lipinski definition) is 4. The van der Waals surface area contributed by atoms with Crippen LogP contribution >= 0.6 is 0 Å². The highest BCUT2D eigenvalue weighted by molar-refractivity contribution is 6.04. The van der Waals surface area contributed by atoms with Gasteiger partial charge in [0.05, 0.1) is 0 Å². The maximum atomic E-state index is 12.1. The van der Waals surface area contributed by atoms with Crippen molar-refractivity contribution in [3.8, 4) is 11.4 Å². The number of anilines is 1. The van der Waals surface area contributed by atoms with Crippen LogP contribution in [0.3, 0.4) is 0 Å². The summed E-state index contributed by atoms with van der Waals surface area (Å²) in [5.74, 6) is 0.227. The second-order valence-electron chi connectivity index (χ2n) is 4.71. The number of carbonyl (C=O) groups is 1. The molecule has 22 heavy (non-hydrogen) atoms. The Morgan fingerprint density at radius 3 is 2.86 bits per heavy atom. The molecular formula is C15H13N5O2. The number of nitrogens with zero attached hydrogens (tertiary/aromatic N) is 3. The molecular weight excluding hydrogens is 282 g/mol. The van der Waals surface area contributed by atoms with Gasteiger partial charge in [0.25, 0.3) is 11.5 Å². The minimum Gasteiger partial charge on any atom is -0.328 e. The van der Waals surface area contributed by atoms with Gasteiger partial charge in [-0.25, -0.2) is 0 Å². The molecule has 110 valence electrons. The summed E-state index contributed by atoms with van der Waals surface area (Å²) in [5, 5.41) is 10.6. The zero-order chi connectivity index (χ0) is 15.5. The number of carbonyl (C=O) groups excluding carboxylic acids is 1. The molecule has 3 aromatic rings. The quantitative estimate of drug-likeness (QED) is 0.764. The summed E-state index contributed by atoms with van der Waals surface area (Å²) in [6, 6.07) is 10.3. The van der Waals surface area contributed by atoms with Crippen LogP contribution in [0.25, 0.3) is 11.4 Å². The maximum Gasteiger partial charge on any atom is 0.261 e. The first kappa shape index (κ1) is 13.7. The van der Waals surface area contributed by atoms with E-state index in [1.165, 1.54) is 12.3 Å². The molecule has 3 rings (SSSR count). The fourth-order valence-electron chi connectivity index (χ4n) is 2.08. The van der Waals surface area contributed by atoms with E-state index in [0.29, 0.717) is 11.5 Å². The van der Waals surface area contributed by atoms with Gasteiger partial charge >= 0.3 is 0 Å². The van der Waals surface area contributed by atoms with Gasteiger partial charge in [0.2, 0.25) is 0 Å². The predicted octanol–water partition coefficient (Wildman–Crippen LogP) is 1.42. The van der Waals surface area contributed by atoms with Crippen LogP contribution in [0.5, 0.6) is 0 Å². The number of aryl methyl sites for hydroxylation is 1. The number of H-pyrrole nitrogens is 1. The number of pyridine rings is 1. The van der Waals surface area contributed by atoms with Gasteiger partial charge in [-0.05, 0) is 24.3 Å². The first-order valence-electron chi connectivity index (χ1n) is 6.58. The van der Waals surface area contributed by atoms with E-state index in [1.807, 2.05) is 13.1 Å². The van der Waals surface area contributed by atoms with Crippen LogP contribution in [0.15, 0.2) is 53.7 Å². The second-order valence-corrected chi connectivity index (χ2v) is 4.71. The third-order valence-electron chi connectivity index (χ3n) is 3.15. The Hall–Kier alpha value is -3.22. The molecule has 0 radical (unpaired) electrons. The summed E-state index contributed by atoms with van der Waals surface area (Å²) in [6.45, 7) is 0. The van der Waals surface area contributed by atoms with Gasteiger partial charge in [-0.1, -0.05) is 12.1 Å². The van der Waals surface area contributed by atoms with E-state index in [-0.39, 0.29) is 5.56 Å². The van der Waals surface area contributed by atoms with Crippen LogP contribution < -0.4 is 10.9 Å². The first-order chi connectivity index (χ1) is 10.6. The van der Waals surface area contributed by atoms with E-state index in [9.17, 15) is 9.59 Å². The van der Waals surface area contributed by atoms with Crippen LogP contribution in [0.2, 0.25) is 0 Å². The number of benzene rings is 1. The third-order valence-corrected chi connectivity index (χ3v) is 3.15. The van der Waals surface area contributed by atoms with Gasteiger partial charge in [-0.2, -0.15) is 0 Å². The fraction of sp³-hybridized carbons (Fsp3) is 0.0667. The average Bonchev–Trinajstić information content (AvgIpc) is 2.94. The molecule has 2 heterocycles. The molecule has 0 aliphatic carbocycles. The largest absolute Gasteiger partial charge is 0.328 e. The summed E-state index contributed by atoms with van der Waals surface area (Å²) in [4.78, 5) is 26.2. The van der Waals surface area contributed by atoms with Crippen LogP contribution in [0.1, 0.15) is 10.4 Å². The molecule has 0 unspecified atom stereocenters. The Kier molecular flexibility index (Phi) is 3.53. The highest BCUT2D eigenvalue weighted by atomic mass is 16.2. The molecule has 0 aliphatic heterocycles.